The van der Waals surface area contributed by atoms with Gasteiger partial charge in [0.15, 0.2) is 29.1 Å². The Morgan fingerprint density at radius 3 is 2.35 bits per heavy atom. The van der Waals surface area contributed by atoms with Crippen molar-refractivity contribution in [2.75, 3.05) is 0 Å². The smallest absolute Gasteiger partial charge is 0.328 e. The van der Waals surface area contributed by atoms with Crippen LogP contribution in [0.4, 0.5) is 4.39 Å². The van der Waals surface area contributed by atoms with Crippen LogP contribution in [0.3, 0.4) is 0 Å². The third-order valence-electron chi connectivity index (χ3n) is 3.68. The maximum atomic E-state index is 13.9. The maximum Gasteiger partial charge on any atom is 0.328 e. The predicted molar refractivity (Wildman–Crippen MR) is 89.8 cm³/mol. The third-order valence-corrected chi connectivity index (χ3v) is 3.68. The zero-order valence-corrected chi connectivity index (χ0v) is 13.2. The first-order valence-electron chi connectivity index (χ1n) is 7.47. The van der Waals surface area contributed by atoms with Crippen molar-refractivity contribution < 1.29 is 28.9 Å². The fraction of sp³-hybridized carbons (Fsp3) is 0.0556. The molecule has 0 aliphatic rings. The number of carboxylic acid groups (broad SMARTS) is 1. The number of pyridine rings is 1. The van der Waals surface area contributed by atoms with E-state index in [2.05, 4.69) is 4.98 Å². The van der Waals surface area contributed by atoms with Gasteiger partial charge in [0.25, 0.3) is 0 Å². The molecule has 8 heteroatoms. The van der Waals surface area contributed by atoms with E-state index in [4.69, 9.17) is 15.6 Å². The fourth-order valence-electron chi connectivity index (χ4n) is 2.36. The first kappa shape index (κ1) is 17.3. The molecule has 0 bridgehead atoms. The molecule has 0 aliphatic carbocycles. The largest absolute Gasteiger partial charge is 0.505 e. The van der Waals surface area contributed by atoms with Crippen molar-refractivity contribution in [2.45, 2.75) is 6.04 Å². The van der Waals surface area contributed by atoms with Crippen LogP contribution in [0, 0.1) is 5.82 Å². The lowest BCUT2D eigenvalue weighted by Gasteiger charge is -2.13. The normalized spacial score (nSPS) is 11.9. The molecular formula is C18H13FN2O5. The molecule has 2 aromatic carbocycles. The van der Waals surface area contributed by atoms with E-state index < -0.39 is 35.1 Å². The van der Waals surface area contributed by atoms with Gasteiger partial charge >= 0.3 is 5.97 Å². The average molecular weight is 356 g/mol. The van der Waals surface area contributed by atoms with Gasteiger partial charge in [-0.2, -0.15) is 0 Å². The zero-order chi connectivity index (χ0) is 18.8. The molecule has 7 nitrogen and oxygen atoms in total. The summed E-state index contributed by atoms with van der Waals surface area (Å²) < 4.78 is 19.4. The molecule has 3 aromatic rings. The Balaban J connectivity index is 2.19. The number of carbonyl (C=O) groups is 2. The number of aromatic hydroxyl groups is 1. The van der Waals surface area contributed by atoms with Crippen LogP contribution in [0.15, 0.2) is 48.5 Å². The molecule has 26 heavy (non-hydrogen) atoms. The standard InChI is InChI=1S/C18H13FN2O5/c19-11-7-3-4-8-12(11)26-17-10-6-2-1-5-9(10)15(22)14(21-17)16(23)13(20)18(24)25/h1-8,13,22H,20H2,(H,24,25). The highest BCUT2D eigenvalue weighted by atomic mass is 19.1. The number of Topliss-reactive ketones (excluding diaryl/α,β-unsaturated/α-hetero) is 1. The van der Waals surface area contributed by atoms with Crippen LogP contribution in [0.25, 0.3) is 10.8 Å². The number of hydrogen-bond acceptors (Lipinski definition) is 6. The van der Waals surface area contributed by atoms with Gasteiger partial charge < -0.3 is 20.7 Å². The summed E-state index contributed by atoms with van der Waals surface area (Å²) in [6.07, 6.45) is 0. The van der Waals surface area contributed by atoms with Gasteiger partial charge in [-0.05, 0) is 18.2 Å². The quantitative estimate of drug-likeness (QED) is 0.474. The number of halogens is 1. The number of benzene rings is 2. The lowest BCUT2D eigenvalue weighted by molar-refractivity contribution is -0.137. The van der Waals surface area contributed by atoms with E-state index in [1.165, 1.54) is 24.3 Å². The molecule has 3 rings (SSSR count). The lowest BCUT2D eigenvalue weighted by atomic mass is 10.0. The molecule has 132 valence electrons. The highest BCUT2D eigenvalue weighted by Crippen LogP contribution is 2.36. The molecule has 4 N–H and O–H groups in total. The van der Waals surface area contributed by atoms with Gasteiger partial charge in [-0.15, -0.1) is 0 Å². The molecule has 1 atom stereocenters. The molecule has 0 aliphatic heterocycles. The summed E-state index contributed by atoms with van der Waals surface area (Å²) in [5.41, 5.74) is 4.77. The SMILES string of the molecule is NC(C(=O)O)C(=O)c1nc(Oc2ccccc2F)c2ccccc2c1O. The van der Waals surface area contributed by atoms with Crippen molar-refractivity contribution in [2.24, 2.45) is 5.73 Å². The summed E-state index contributed by atoms with van der Waals surface area (Å²) in [6.45, 7) is 0. The number of nitrogens with zero attached hydrogens (tertiary/aromatic N) is 1. The van der Waals surface area contributed by atoms with Crippen molar-refractivity contribution in [3.63, 3.8) is 0 Å². The highest BCUT2D eigenvalue weighted by molar-refractivity contribution is 6.14. The van der Waals surface area contributed by atoms with Crippen molar-refractivity contribution in [3.05, 3.63) is 60.0 Å². The zero-order valence-electron chi connectivity index (χ0n) is 13.2. The van der Waals surface area contributed by atoms with Crippen molar-refractivity contribution >= 4 is 22.5 Å². The summed E-state index contributed by atoms with van der Waals surface area (Å²) in [5.74, 6) is -4.15. The number of carbonyl (C=O) groups excluding carboxylic acids is 1. The van der Waals surface area contributed by atoms with E-state index in [1.54, 1.807) is 24.3 Å². The molecule has 0 saturated carbocycles. The Morgan fingerprint density at radius 2 is 1.69 bits per heavy atom. The van der Waals surface area contributed by atoms with Crippen LogP contribution in [0.5, 0.6) is 17.4 Å². The third kappa shape index (κ3) is 3.05. The number of aliphatic carboxylic acids is 1. The van der Waals surface area contributed by atoms with Crippen molar-refractivity contribution in [1.29, 1.82) is 0 Å². The number of ketones is 1. The minimum absolute atomic E-state index is 0.142. The molecule has 0 amide bonds. The number of para-hydroxylation sites is 1. The van der Waals surface area contributed by atoms with Crippen LogP contribution in [-0.2, 0) is 4.79 Å². The van der Waals surface area contributed by atoms with Crippen LogP contribution >= 0.6 is 0 Å². The molecule has 0 fully saturated rings. The summed E-state index contributed by atoms with van der Waals surface area (Å²) >= 11 is 0. The second kappa shape index (κ2) is 6.77. The second-order valence-corrected chi connectivity index (χ2v) is 5.37. The topological polar surface area (TPSA) is 123 Å². The van der Waals surface area contributed by atoms with Gasteiger partial charge in [-0.25, -0.2) is 9.37 Å². The number of hydrogen-bond donors (Lipinski definition) is 3. The molecule has 1 aromatic heterocycles. The Kier molecular flexibility index (Phi) is 4.51. The number of ether oxygens (including phenoxy) is 1. The first-order valence-corrected chi connectivity index (χ1v) is 7.47. The molecule has 0 radical (unpaired) electrons. The summed E-state index contributed by atoms with van der Waals surface area (Å²) in [6, 6.07) is 9.96. The van der Waals surface area contributed by atoms with E-state index >= 15 is 0 Å². The summed E-state index contributed by atoms with van der Waals surface area (Å²) in [5, 5.41) is 19.8. The summed E-state index contributed by atoms with van der Waals surface area (Å²) in [7, 11) is 0. The van der Waals surface area contributed by atoms with Gasteiger partial charge in [-0.1, -0.05) is 30.3 Å². The maximum absolute atomic E-state index is 13.9. The molecular weight excluding hydrogens is 343 g/mol. The van der Waals surface area contributed by atoms with Gasteiger partial charge in [0.05, 0.1) is 0 Å². The van der Waals surface area contributed by atoms with Gasteiger partial charge in [-0.3, -0.25) is 9.59 Å². The number of fused-ring (bicyclic) bond motifs is 1. The van der Waals surface area contributed by atoms with Gasteiger partial charge in [0, 0.05) is 10.8 Å². The van der Waals surface area contributed by atoms with E-state index in [-0.39, 0.29) is 17.0 Å². The number of rotatable bonds is 5. The van der Waals surface area contributed by atoms with Crippen LogP contribution in [0.2, 0.25) is 0 Å². The van der Waals surface area contributed by atoms with Crippen molar-refractivity contribution in [1.82, 2.24) is 4.98 Å². The number of carboxylic acids is 1. The van der Waals surface area contributed by atoms with Gasteiger partial charge in [0.1, 0.15) is 0 Å². The van der Waals surface area contributed by atoms with E-state index in [0.29, 0.717) is 5.39 Å². The van der Waals surface area contributed by atoms with Crippen LogP contribution in [-0.4, -0.2) is 33.0 Å². The lowest BCUT2D eigenvalue weighted by Crippen LogP contribution is -2.38. The minimum atomic E-state index is -1.91. The van der Waals surface area contributed by atoms with Crippen LogP contribution in [0.1, 0.15) is 10.5 Å². The summed E-state index contributed by atoms with van der Waals surface area (Å²) in [4.78, 5) is 27.1. The van der Waals surface area contributed by atoms with E-state index in [1.807, 2.05) is 0 Å². The van der Waals surface area contributed by atoms with E-state index in [9.17, 15) is 19.1 Å². The van der Waals surface area contributed by atoms with Gasteiger partial charge in [0.2, 0.25) is 11.7 Å². The molecule has 1 unspecified atom stereocenters. The predicted octanol–water partition coefficient (Wildman–Crippen LogP) is 2.47. The van der Waals surface area contributed by atoms with Crippen LogP contribution < -0.4 is 10.5 Å². The minimum Gasteiger partial charge on any atom is -0.505 e. The fourth-order valence-corrected chi connectivity index (χ4v) is 2.36. The molecule has 0 saturated heterocycles. The Morgan fingerprint density at radius 1 is 1.08 bits per heavy atom. The Bertz CT molecular complexity index is 1020. The molecule has 0 spiro atoms. The monoisotopic (exact) mass is 356 g/mol. The van der Waals surface area contributed by atoms with Crippen molar-refractivity contribution in [3.8, 4) is 17.4 Å². The number of aromatic nitrogens is 1. The Labute approximate surface area is 146 Å². The highest BCUT2D eigenvalue weighted by Gasteiger charge is 2.29. The Hall–Kier alpha value is -3.52. The average Bonchev–Trinajstić information content (AvgIpc) is 2.64. The number of nitrogens with two attached hydrogens (primary N) is 1. The molecule has 1 heterocycles. The van der Waals surface area contributed by atoms with E-state index in [0.717, 1.165) is 0 Å². The first-order chi connectivity index (χ1) is 12.4. The second-order valence-electron chi connectivity index (χ2n) is 5.37.